The van der Waals surface area contributed by atoms with Gasteiger partial charge in [-0.3, -0.25) is 0 Å². The van der Waals surface area contributed by atoms with Crippen molar-refractivity contribution in [3.8, 4) is 0 Å². The van der Waals surface area contributed by atoms with Gasteiger partial charge in [0.15, 0.2) is 0 Å². The molecule has 3 heteroatoms. The summed E-state index contributed by atoms with van der Waals surface area (Å²) in [4.78, 5) is 2.14. The lowest BCUT2D eigenvalue weighted by atomic mass is 10.1. The first-order chi connectivity index (χ1) is 10.1. The van der Waals surface area contributed by atoms with E-state index in [1.165, 1.54) is 22.4 Å². The number of methoxy groups -OCH3 is 1. The molecule has 0 amide bonds. The van der Waals surface area contributed by atoms with Crippen molar-refractivity contribution in [2.45, 2.75) is 20.1 Å². The first-order valence-corrected chi connectivity index (χ1v) is 7.19. The molecule has 0 aliphatic heterocycles. The molecule has 0 bridgehead atoms. The number of nitrogens with one attached hydrogen (secondary N) is 1. The van der Waals surface area contributed by atoms with Crippen LogP contribution in [0.4, 0.5) is 11.4 Å². The average molecular weight is 284 g/mol. The molecule has 1 N–H and O–H groups in total. The third-order valence-corrected chi connectivity index (χ3v) is 3.52. The average Bonchev–Trinajstić information content (AvgIpc) is 2.48. The van der Waals surface area contributed by atoms with Gasteiger partial charge < -0.3 is 15.0 Å². The fourth-order valence-electron chi connectivity index (χ4n) is 2.33. The Morgan fingerprint density at radius 3 is 2.29 bits per heavy atom. The number of rotatable bonds is 6. The molecular weight excluding hydrogens is 260 g/mol. The lowest BCUT2D eigenvalue weighted by Gasteiger charge is -2.17. The molecule has 21 heavy (non-hydrogen) atoms. The number of hydrogen-bond donors (Lipinski definition) is 1. The molecule has 0 unspecified atom stereocenters. The van der Waals surface area contributed by atoms with Gasteiger partial charge in [0.2, 0.25) is 0 Å². The van der Waals surface area contributed by atoms with Crippen LogP contribution in [0.3, 0.4) is 0 Å². The molecule has 3 nitrogen and oxygen atoms in total. The van der Waals surface area contributed by atoms with Crippen molar-refractivity contribution in [3.63, 3.8) is 0 Å². The first kappa shape index (κ1) is 15.4. The monoisotopic (exact) mass is 284 g/mol. The molecule has 0 spiro atoms. The number of hydrogen-bond acceptors (Lipinski definition) is 3. The standard InChI is InChI=1S/C18H24N2O/c1-14-5-10-17(11-18(14)20(2)3)19-12-15-6-8-16(9-7-15)13-21-4/h5-11,19H,12-13H2,1-4H3. The van der Waals surface area contributed by atoms with Crippen LogP contribution in [0.5, 0.6) is 0 Å². The number of anilines is 2. The van der Waals surface area contributed by atoms with E-state index in [1.807, 2.05) is 0 Å². The maximum Gasteiger partial charge on any atom is 0.0713 e. The van der Waals surface area contributed by atoms with Crippen LogP contribution >= 0.6 is 0 Å². The molecule has 0 heterocycles. The topological polar surface area (TPSA) is 24.5 Å². The predicted molar refractivity (Wildman–Crippen MR) is 90.0 cm³/mol. The summed E-state index contributed by atoms with van der Waals surface area (Å²) in [5, 5.41) is 3.48. The fourth-order valence-corrected chi connectivity index (χ4v) is 2.33. The predicted octanol–water partition coefficient (Wildman–Crippen LogP) is 3.82. The summed E-state index contributed by atoms with van der Waals surface area (Å²) in [7, 11) is 5.86. The molecule has 112 valence electrons. The van der Waals surface area contributed by atoms with Crippen LogP contribution in [0.15, 0.2) is 42.5 Å². The quantitative estimate of drug-likeness (QED) is 0.872. The van der Waals surface area contributed by atoms with Gasteiger partial charge >= 0.3 is 0 Å². The summed E-state index contributed by atoms with van der Waals surface area (Å²) in [6, 6.07) is 15.0. The Morgan fingerprint density at radius 1 is 1.00 bits per heavy atom. The van der Waals surface area contributed by atoms with Crippen molar-refractivity contribution in [1.82, 2.24) is 0 Å². The van der Waals surface area contributed by atoms with Crippen LogP contribution in [0.2, 0.25) is 0 Å². The van der Waals surface area contributed by atoms with Gasteiger partial charge in [-0.05, 0) is 35.7 Å². The molecule has 0 aromatic heterocycles. The fraction of sp³-hybridized carbons (Fsp3) is 0.333. The van der Waals surface area contributed by atoms with Crippen LogP contribution in [0.25, 0.3) is 0 Å². The Hall–Kier alpha value is -2.00. The second kappa shape index (κ2) is 7.14. The van der Waals surface area contributed by atoms with E-state index in [0.717, 1.165) is 12.2 Å². The van der Waals surface area contributed by atoms with Crippen molar-refractivity contribution >= 4 is 11.4 Å². The van der Waals surface area contributed by atoms with Gasteiger partial charge in [0.05, 0.1) is 6.61 Å². The van der Waals surface area contributed by atoms with Crippen LogP contribution in [0.1, 0.15) is 16.7 Å². The van der Waals surface area contributed by atoms with E-state index in [-0.39, 0.29) is 0 Å². The number of nitrogens with zero attached hydrogens (tertiary/aromatic N) is 1. The van der Waals surface area contributed by atoms with E-state index >= 15 is 0 Å². The summed E-state index contributed by atoms with van der Waals surface area (Å²) >= 11 is 0. The third-order valence-electron chi connectivity index (χ3n) is 3.52. The molecule has 0 aliphatic carbocycles. The second-order valence-electron chi connectivity index (χ2n) is 5.50. The van der Waals surface area contributed by atoms with Crippen LogP contribution in [-0.4, -0.2) is 21.2 Å². The van der Waals surface area contributed by atoms with Gasteiger partial charge in [-0.15, -0.1) is 0 Å². The van der Waals surface area contributed by atoms with Crippen molar-refractivity contribution in [3.05, 3.63) is 59.2 Å². The summed E-state index contributed by atoms with van der Waals surface area (Å²) in [6.45, 7) is 3.62. The number of ether oxygens (including phenoxy) is 1. The molecule has 2 aromatic carbocycles. The van der Waals surface area contributed by atoms with E-state index in [4.69, 9.17) is 4.74 Å². The Kier molecular flexibility index (Phi) is 5.23. The highest BCUT2D eigenvalue weighted by molar-refractivity contribution is 5.61. The van der Waals surface area contributed by atoms with Crippen LogP contribution in [0, 0.1) is 6.92 Å². The van der Waals surface area contributed by atoms with Gasteiger partial charge in [-0.2, -0.15) is 0 Å². The van der Waals surface area contributed by atoms with Crippen molar-refractivity contribution in [2.24, 2.45) is 0 Å². The zero-order valence-electron chi connectivity index (χ0n) is 13.3. The van der Waals surface area contributed by atoms with Crippen LogP contribution in [-0.2, 0) is 17.9 Å². The third kappa shape index (κ3) is 4.23. The van der Waals surface area contributed by atoms with Crippen molar-refractivity contribution in [2.75, 3.05) is 31.4 Å². The first-order valence-electron chi connectivity index (χ1n) is 7.19. The summed E-state index contributed by atoms with van der Waals surface area (Å²) in [6.07, 6.45) is 0. The molecule has 2 aromatic rings. The van der Waals surface area contributed by atoms with Crippen molar-refractivity contribution < 1.29 is 4.74 Å². The highest BCUT2D eigenvalue weighted by atomic mass is 16.5. The zero-order valence-corrected chi connectivity index (χ0v) is 13.3. The van der Waals surface area contributed by atoms with Gasteiger partial charge in [0, 0.05) is 39.1 Å². The maximum absolute atomic E-state index is 5.12. The van der Waals surface area contributed by atoms with Gasteiger partial charge in [0.25, 0.3) is 0 Å². The maximum atomic E-state index is 5.12. The van der Waals surface area contributed by atoms with Gasteiger partial charge in [-0.25, -0.2) is 0 Å². The Morgan fingerprint density at radius 2 is 1.67 bits per heavy atom. The molecular formula is C18H24N2O. The minimum atomic E-state index is 0.665. The van der Waals surface area contributed by atoms with Gasteiger partial charge in [-0.1, -0.05) is 30.3 Å². The molecule has 0 fully saturated rings. The normalized spacial score (nSPS) is 10.5. The Balaban J connectivity index is 2.01. The molecule has 0 radical (unpaired) electrons. The Labute approximate surface area is 127 Å². The summed E-state index contributed by atoms with van der Waals surface area (Å²) in [5.74, 6) is 0. The summed E-state index contributed by atoms with van der Waals surface area (Å²) < 4.78 is 5.12. The lowest BCUT2D eigenvalue weighted by Crippen LogP contribution is -2.11. The molecule has 0 aliphatic rings. The highest BCUT2D eigenvalue weighted by Crippen LogP contribution is 2.22. The van der Waals surface area contributed by atoms with E-state index < -0.39 is 0 Å². The summed E-state index contributed by atoms with van der Waals surface area (Å²) in [5.41, 5.74) is 6.14. The van der Waals surface area contributed by atoms with E-state index in [9.17, 15) is 0 Å². The smallest absolute Gasteiger partial charge is 0.0713 e. The van der Waals surface area contributed by atoms with Gasteiger partial charge in [0.1, 0.15) is 0 Å². The van der Waals surface area contributed by atoms with Crippen LogP contribution < -0.4 is 10.2 Å². The number of aryl methyl sites for hydroxylation is 1. The zero-order chi connectivity index (χ0) is 15.2. The Bertz CT molecular complexity index is 576. The van der Waals surface area contributed by atoms with E-state index in [2.05, 4.69) is 73.7 Å². The van der Waals surface area contributed by atoms with Crippen molar-refractivity contribution in [1.29, 1.82) is 0 Å². The largest absolute Gasteiger partial charge is 0.381 e. The van der Waals surface area contributed by atoms with E-state index in [1.54, 1.807) is 7.11 Å². The number of benzene rings is 2. The highest BCUT2D eigenvalue weighted by Gasteiger charge is 2.02. The van der Waals surface area contributed by atoms with E-state index in [0.29, 0.717) is 6.61 Å². The molecule has 2 rings (SSSR count). The second-order valence-corrected chi connectivity index (χ2v) is 5.50. The lowest BCUT2D eigenvalue weighted by molar-refractivity contribution is 0.185. The molecule has 0 atom stereocenters. The molecule has 0 saturated carbocycles. The minimum absolute atomic E-state index is 0.665. The SMILES string of the molecule is COCc1ccc(CNc2ccc(C)c(N(C)C)c2)cc1. The minimum Gasteiger partial charge on any atom is -0.381 e. The molecule has 0 saturated heterocycles.